The molecule has 0 unspecified atom stereocenters. The summed E-state index contributed by atoms with van der Waals surface area (Å²) in [5.41, 5.74) is 0.865. The van der Waals surface area contributed by atoms with Gasteiger partial charge < -0.3 is 9.84 Å². The number of amides is 1. The summed E-state index contributed by atoms with van der Waals surface area (Å²) in [4.78, 5) is 11.2. The van der Waals surface area contributed by atoms with Crippen LogP contribution in [-0.4, -0.2) is 11.1 Å². The molecule has 0 aliphatic heterocycles. The number of aromatic nitrogens is 1. The molecular formula is C8H10N2O2. The van der Waals surface area contributed by atoms with Gasteiger partial charge in [0.1, 0.15) is 6.26 Å². The standard InChI is InChI=1S/C8H10N2O2/c1-5-4-12-10-7(5)9-8(11)6-2-3-6/h4,6H,2-3H2,1H3,(H,9,10,11). The maximum atomic E-state index is 11.2. The quantitative estimate of drug-likeness (QED) is 0.721. The maximum Gasteiger partial charge on any atom is 0.228 e. The highest BCUT2D eigenvalue weighted by molar-refractivity contribution is 5.93. The molecular weight excluding hydrogens is 156 g/mol. The van der Waals surface area contributed by atoms with Crippen molar-refractivity contribution in [1.82, 2.24) is 5.16 Å². The van der Waals surface area contributed by atoms with Gasteiger partial charge in [-0.1, -0.05) is 5.16 Å². The minimum Gasteiger partial charge on any atom is -0.362 e. The van der Waals surface area contributed by atoms with E-state index in [2.05, 4.69) is 15.0 Å². The lowest BCUT2D eigenvalue weighted by Gasteiger charge is -1.98. The van der Waals surface area contributed by atoms with Gasteiger partial charge >= 0.3 is 0 Å². The largest absolute Gasteiger partial charge is 0.362 e. The fraction of sp³-hybridized carbons (Fsp3) is 0.500. The Morgan fingerprint density at radius 2 is 2.50 bits per heavy atom. The topological polar surface area (TPSA) is 55.1 Å². The highest BCUT2D eigenvalue weighted by atomic mass is 16.5. The van der Waals surface area contributed by atoms with Gasteiger partial charge in [0.25, 0.3) is 0 Å². The third-order valence-corrected chi connectivity index (χ3v) is 1.94. The van der Waals surface area contributed by atoms with Crippen molar-refractivity contribution in [3.8, 4) is 0 Å². The van der Waals surface area contributed by atoms with Crippen LogP contribution in [0.4, 0.5) is 5.82 Å². The van der Waals surface area contributed by atoms with Crippen LogP contribution in [0.25, 0.3) is 0 Å². The van der Waals surface area contributed by atoms with Crippen molar-refractivity contribution in [3.05, 3.63) is 11.8 Å². The Hall–Kier alpha value is -1.32. The molecule has 1 aliphatic carbocycles. The lowest BCUT2D eigenvalue weighted by atomic mass is 10.3. The predicted molar refractivity (Wildman–Crippen MR) is 42.6 cm³/mol. The van der Waals surface area contributed by atoms with E-state index in [0.717, 1.165) is 18.4 Å². The van der Waals surface area contributed by atoms with E-state index in [4.69, 9.17) is 0 Å². The molecule has 1 aromatic heterocycles. The fourth-order valence-electron chi connectivity index (χ4n) is 0.972. The van der Waals surface area contributed by atoms with Crippen molar-refractivity contribution in [1.29, 1.82) is 0 Å². The molecule has 0 atom stereocenters. The summed E-state index contributed by atoms with van der Waals surface area (Å²) in [6.07, 6.45) is 3.52. The third-order valence-electron chi connectivity index (χ3n) is 1.94. The smallest absolute Gasteiger partial charge is 0.228 e. The van der Waals surface area contributed by atoms with Gasteiger partial charge in [0.2, 0.25) is 5.91 Å². The molecule has 64 valence electrons. The zero-order chi connectivity index (χ0) is 8.55. The first-order chi connectivity index (χ1) is 5.77. The Kier molecular flexibility index (Phi) is 1.60. The monoisotopic (exact) mass is 166 g/mol. The van der Waals surface area contributed by atoms with Crippen LogP contribution in [0.15, 0.2) is 10.8 Å². The van der Waals surface area contributed by atoms with Crippen LogP contribution in [0.5, 0.6) is 0 Å². The van der Waals surface area contributed by atoms with E-state index in [0.29, 0.717) is 5.82 Å². The molecule has 0 saturated heterocycles. The lowest BCUT2D eigenvalue weighted by molar-refractivity contribution is -0.117. The highest BCUT2D eigenvalue weighted by Crippen LogP contribution is 2.30. The molecule has 2 rings (SSSR count). The second-order valence-electron chi connectivity index (χ2n) is 3.11. The number of carbonyl (C=O) groups is 1. The Morgan fingerprint density at radius 1 is 1.75 bits per heavy atom. The molecule has 1 N–H and O–H groups in total. The van der Waals surface area contributed by atoms with E-state index < -0.39 is 0 Å². The third kappa shape index (κ3) is 1.32. The minimum atomic E-state index is 0.0620. The van der Waals surface area contributed by atoms with Gasteiger partial charge in [-0.25, -0.2) is 0 Å². The van der Waals surface area contributed by atoms with E-state index in [-0.39, 0.29) is 11.8 Å². The summed E-state index contributed by atoms with van der Waals surface area (Å²) in [6, 6.07) is 0. The number of anilines is 1. The van der Waals surface area contributed by atoms with Gasteiger partial charge in [0.15, 0.2) is 5.82 Å². The molecule has 0 spiro atoms. The second-order valence-corrected chi connectivity index (χ2v) is 3.11. The van der Waals surface area contributed by atoms with Crippen LogP contribution < -0.4 is 5.32 Å². The van der Waals surface area contributed by atoms with Gasteiger partial charge in [0.05, 0.1) is 0 Å². The fourth-order valence-corrected chi connectivity index (χ4v) is 0.972. The normalized spacial score (nSPS) is 16.1. The summed E-state index contributed by atoms with van der Waals surface area (Å²) >= 11 is 0. The van der Waals surface area contributed by atoms with Crippen molar-refractivity contribution in [3.63, 3.8) is 0 Å². The maximum absolute atomic E-state index is 11.2. The molecule has 1 saturated carbocycles. The Labute approximate surface area is 69.9 Å². The zero-order valence-electron chi connectivity index (χ0n) is 6.83. The Bertz CT molecular complexity index is 302. The average molecular weight is 166 g/mol. The molecule has 0 bridgehead atoms. The summed E-state index contributed by atoms with van der Waals surface area (Å²) in [5, 5.41) is 6.37. The Balaban J connectivity index is 2.02. The van der Waals surface area contributed by atoms with Gasteiger partial charge in [-0.05, 0) is 19.8 Å². The van der Waals surface area contributed by atoms with E-state index in [1.807, 2.05) is 6.92 Å². The second kappa shape index (κ2) is 2.62. The SMILES string of the molecule is Cc1conc1NC(=O)C1CC1. The van der Waals surface area contributed by atoms with Crippen molar-refractivity contribution >= 4 is 11.7 Å². The van der Waals surface area contributed by atoms with Gasteiger partial charge in [-0.3, -0.25) is 4.79 Å². The zero-order valence-corrected chi connectivity index (χ0v) is 6.83. The number of aryl methyl sites for hydroxylation is 1. The Morgan fingerprint density at radius 3 is 3.00 bits per heavy atom. The molecule has 4 nitrogen and oxygen atoms in total. The summed E-state index contributed by atoms with van der Waals surface area (Å²) in [7, 11) is 0. The van der Waals surface area contributed by atoms with Crippen LogP contribution in [0.2, 0.25) is 0 Å². The molecule has 1 aliphatic rings. The van der Waals surface area contributed by atoms with E-state index in [1.165, 1.54) is 6.26 Å². The van der Waals surface area contributed by atoms with Crippen LogP contribution in [0.3, 0.4) is 0 Å². The van der Waals surface area contributed by atoms with Gasteiger partial charge in [-0.2, -0.15) is 0 Å². The molecule has 0 aromatic carbocycles. The van der Waals surface area contributed by atoms with Crippen LogP contribution >= 0.6 is 0 Å². The number of nitrogens with one attached hydrogen (secondary N) is 1. The number of hydrogen-bond donors (Lipinski definition) is 1. The van der Waals surface area contributed by atoms with Crippen molar-refractivity contribution < 1.29 is 9.32 Å². The first kappa shape index (κ1) is 7.34. The summed E-state index contributed by atoms with van der Waals surface area (Å²) in [5.74, 6) is 0.819. The molecule has 1 amide bonds. The highest BCUT2D eigenvalue weighted by Gasteiger charge is 2.30. The summed E-state index contributed by atoms with van der Waals surface area (Å²) in [6.45, 7) is 1.85. The molecule has 1 fully saturated rings. The predicted octanol–water partition coefficient (Wildman–Crippen LogP) is 1.33. The van der Waals surface area contributed by atoms with E-state index >= 15 is 0 Å². The van der Waals surface area contributed by atoms with Crippen molar-refractivity contribution in [2.24, 2.45) is 5.92 Å². The number of hydrogen-bond acceptors (Lipinski definition) is 3. The first-order valence-electron chi connectivity index (χ1n) is 3.99. The van der Waals surface area contributed by atoms with Crippen LogP contribution in [-0.2, 0) is 4.79 Å². The van der Waals surface area contributed by atoms with Gasteiger partial charge in [-0.15, -0.1) is 0 Å². The molecule has 12 heavy (non-hydrogen) atoms. The number of carbonyl (C=O) groups excluding carboxylic acids is 1. The molecule has 4 heteroatoms. The molecule has 1 aromatic rings. The molecule has 0 radical (unpaired) electrons. The molecule has 1 heterocycles. The minimum absolute atomic E-state index is 0.0620. The average Bonchev–Trinajstić information content (AvgIpc) is 2.80. The number of nitrogens with zero attached hydrogens (tertiary/aromatic N) is 1. The van der Waals surface area contributed by atoms with Crippen LogP contribution in [0.1, 0.15) is 18.4 Å². The van der Waals surface area contributed by atoms with Crippen molar-refractivity contribution in [2.45, 2.75) is 19.8 Å². The van der Waals surface area contributed by atoms with Gasteiger partial charge in [0, 0.05) is 11.5 Å². The van der Waals surface area contributed by atoms with Crippen LogP contribution in [0, 0.1) is 12.8 Å². The first-order valence-corrected chi connectivity index (χ1v) is 3.99. The van der Waals surface area contributed by atoms with Crippen molar-refractivity contribution in [2.75, 3.05) is 5.32 Å². The van der Waals surface area contributed by atoms with E-state index in [1.54, 1.807) is 0 Å². The van der Waals surface area contributed by atoms with E-state index in [9.17, 15) is 4.79 Å². The number of rotatable bonds is 2. The lowest BCUT2D eigenvalue weighted by Crippen LogP contribution is -2.14. The summed E-state index contributed by atoms with van der Waals surface area (Å²) < 4.78 is 4.68.